The molecular weight excluding hydrogens is 298 g/mol. The lowest BCUT2D eigenvalue weighted by molar-refractivity contribution is 1.05. The van der Waals surface area contributed by atoms with Crippen LogP contribution in [0.2, 0.25) is 0 Å². The number of hydrogen-bond acceptors (Lipinski definition) is 3. The minimum atomic E-state index is -0.0942. The van der Waals surface area contributed by atoms with Gasteiger partial charge in [0.05, 0.1) is 17.1 Å². The van der Waals surface area contributed by atoms with Crippen molar-refractivity contribution in [3.63, 3.8) is 0 Å². The Hall–Kier alpha value is -3.40. The highest BCUT2D eigenvalue weighted by molar-refractivity contribution is 6.11. The van der Waals surface area contributed by atoms with Crippen molar-refractivity contribution in [2.75, 3.05) is 5.32 Å². The topological polar surface area (TPSA) is 46.4 Å². The fraction of sp³-hybridized carbons (Fsp3) is 0. The molecule has 0 radical (unpaired) electrons. The molecule has 116 valence electrons. The SMILES string of the molecule is O=c1cccc2n1C(=Nc1ccccc1)C(Nc1ccccc1)=C2. The highest BCUT2D eigenvalue weighted by Crippen LogP contribution is 2.22. The molecule has 3 aromatic rings. The fourth-order valence-electron chi connectivity index (χ4n) is 2.68. The zero-order valence-electron chi connectivity index (χ0n) is 12.9. The van der Waals surface area contributed by atoms with Gasteiger partial charge in [-0.3, -0.25) is 9.36 Å². The number of nitrogens with one attached hydrogen (secondary N) is 1. The van der Waals surface area contributed by atoms with Gasteiger partial charge in [-0.2, -0.15) is 0 Å². The van der Waals surface area contributed by atoms with Crippen LogP contribution >= 0.6 is 0 Å². The van der Waals surface area contributed by atoms with Crippen LogP contribution < -0.4 is 10.9 Å². The molecule has 1 aromatic heterocycles. The molecule has 4 nitrogen and oxygen atoms in total. The molecule has 0 aliphatic carbocycles. The van der Waals surface area contributed by atoms with Crippen LogP contribution in [-0.2, 0) is 0 Å². The molecule has 0 bridgehead atoms. The first-order valence-electron chi connectivity index (χ1n) is 7.71. The van der Waals surface area contributed by atoms with Crippen molar-refractivity contribution in [1.29, 1.82) is 0 Å². The van der Waals surface area contributed by atoms with E-state index in [-0.39, 0.29) is 5.56 Å². The summed E-state index contributed by atoms with van der Waals surface area (Å²) < 4.78 is 1.62. The smallest absolute Gasteiger partial charge is 0.256 e. The maximum Gasteiger partial charge on any atom is 0.256 e. The molecule has 0 atom stereocenters. The molecule has 0 unspecified atom stereocenters. The van der Waals surface area contributed by atoms with E-state index in [1.54, 1.807) is 16.7 Å². The Labute approximate surface area is 139 Å². The number of benzene rings is 2. The van der Waals surface area contributed by atoms with Gasteiger partial charge >= 0.3 is 0 Å². The number of para-hydroxylation sites is 2. The van der Waals surface area contributed by atoms with Crippen LogP contribution in [0, 0.1) is 0 Å². The summed E-state index contributed by atoms with van der Waals surface area (Å²) in [5.41, 5.74) is 3.27. The van der Waals surface area contributed by atoms with Crippen molar-refractivity contribution < 1.29 is 0 Å². The molecule has 2 heterocycles. The second-order valence-corrected chi connectivity index (χ2v) is 5.44. The van der Waals surface area contributed by atoms with Crippen molar-refractivity contribution in [1.82, 2.24) is 4.57 Å². The number of aromatic nitrogens is 1. The molecule has 1 aliphatic rings. The van der Waals surface area contributed by atoms with E-state index in [0.717, 1.165) is 22.8 Å². The van der Waals surface area contributed by atoms with Crippen molar-refractivity contribution >= 4 is 23.3 Å². The zero-order chi connectivity index (χ0) is 16.4. The summed E-state index contributed by atoms with van der Waals surface area (Å²) in [5.74, 6) is 0.602. The van der Waals surface area contributed by atoms with Crippen molar-refractivity contribution in [3.8, 4) is 0 Å². The molecule has 4 heteroatoms. The van der Waals surface area contributed by atoms with Gasteiger partial charge in [0, 0.05) is 11.8 Å². The highest BCUT2D eigenvalue weighted by Gasteiger charge is 2.21. The summed E-state index contributed by atoms with van der Waals surface area (Å²) in [6, 6.07) is 24.7. The number of allylic oxidation sites excluding steroid dienone is 1. The van der Waals surface area contributed by atoms with Gasteiger partial charge in [-0.1, -0.05) is 42.5 Å². The number of hydrogen-bond donors (Lipinski definition) is 1. The van der Waals surface area contributed by atoms with Gasteiger partial charge in [0.2, 0.25) is 0 Å². The van der Waals surface area contributed by atoms with Gasteiger partial charge in [-0.25, -0.2) is 4.99 Å². The highest BCUT2D eigenvalue weighted by atomic mass is 16.1. The average molecular weight is 313 g/mol. The minimum Gasteiger partial charge on any atom is -0.352 e. The molecule has 0 saturated heterocycles. The molecule has 0 saturated carbocycles. The third kappa shape index (κ3) is 2.65. The van der Waals surface area contributed by atoms with E-state index in [9.17, 15) is 4.79 Å². The third-order valence-electron chi connectivity index (χ3n) is 3.77. The fourth-order valence-corrected chi connectivity index (χ4v) is 2.68. The lowest BCUT2D eigenvalue weighted by atomic mass is 10.3. The Kier molecular flexibility index (Phi) is 3.56. The van der Waals surface area contributed by atoms with E-state index in [1.807, 2.05) is 72.8 Å². The van der Waals surface area contributed by atoms with Gasteiger partial charge in [0.1, 0.15) is 0 Å². The largest absolute Gasteiger partial charge is 0.352 e. The van der Waals surface area contributed by atoms with Gasteiger partial charge in [0.15, 0.2) is 5.84 Å². The van der Waals surface area contributed by atoms with Gasteiger partial charge in [0.25, 0.3) is 5.56 Å². The molecule has 1 aliphatic heterocycles. The predicted octanol–water partition coefficient (Wildman–Crippen LogP) is 3.89. The number of fused-ring (bicyclic) bond motifs is 1. The minimum absolute atomic E-state index is 0.0942. The van der Waals surface area contributed by atoms with Crippen molar-refractivity contribution in [2.24, 2.45) is 4.99 Å². The molecule has 0 spiro atoms. The van der Waals surface area contributed by atoms with Crippen LogP contribution in [0.1, 0.15) is 5.69 Å². The Morgan fingerprint density at radius 1 is 0.792 bits per heavy atom. The number of pyridine rings is 1. The molecule has 2 aromatic carbocycles. The van der Waals surface area contributed by atoms with Crippen LogP contribution in [0.25, 0.3) is 6.08 Å². The quantitative estimate of drug-likeness (QED) is 0.797. The molecule has 0 amide bonds. The normalized spacial score (nSPS) is 14.3. The van der Waals surface area contributed by atoms with Gasteiger partial charge in [-0.15, -0.1) is 0 Å². The Morgan fingerprint density at radius 2 is 1.50 bits per heavy atom. The maximum absolute atomic E-state index is 12.3. The maximum atomic E-state index is 12.3. The summed E-state index contributed by atoms with van der Waals surface area (Å²) >= 11 is 0. The Morgan fingerprint density at radius 3 is 2.25 bits per heavy atom. The van der Waals surface area contributed by atoms with E-state index in [1.165, 1.54) is 0 Å². The van der Waals surface area contributed by atoms with Crippen LogP contribution in [0.3, 0.4) is 0 Å². The first-order chi connectivity index (χ1) is 11.8. The Balaban J connectivity index is 1.82. The molecular formula is C20H15N3O. The van der Waals surface area contributed by atoms with Crippen LogP contribution in [0.5, 0.6) is 0 Å². The average Bonchev–Trinajstić information content (AvgIpc) is 2.95. The summed E-state index contributed by atoms with van der Waals surface area (Å²) in [4.78, 5) is 17.0. The molecule has 4 rings (SSSR count). The van der Waals surface area contributed by atoms with E-state index in [2.05, 4.69) is 10.3 Å². The standard InChI is InChI=1S/C20H15N3O/c24-19-13-7-12-17-14-18(21-15-8-3-1-4-9-15)20(23(17)19)22-16-10-5-2-6-11-16/h1-14,21H. The molecule has 0 fully saturated rings. The number of anilines is 1. The van der Waals surface area contributed by atoms with E-state index < -0.39 is 0 Å². The second kappa shape index (κ2) is 6.01. The summed E-state index contributed by atoms with van der Waals surface area (Å²) in [6.45, 7) is 0. The van der Waals surface area contributed by atoms with E-state index >= 15 is 0 Å². The van der Waals surface area contributed by atoms with Crippen LogP contribution in [0.4, 0.5) is 11.4 Å². The van der Waals surface area contributed by atoms with Crippen molar-refractivity contribution in [2.45, 2.75) is 0 Å². The third-order valence-corrected chi connectivity index (χ3v) is 3.77. The van der Waals surface area contributed by atoms with Gasteiger partial charge < -0.3 is 5.32 Å². The molecule has 24 heavy (non-hydrogen) atoms. The predicted molar refractivity (Wildman–Crippen MR) is 97.7 cm³/mol. The second-order valence-electron chi connectivity index (χ2n) is 5.44. The molecule has 1 N–H and O–H groups in total. The lowest BCUT2D eigenvalue weighted by Crippen LogP contribution is -2.27. The number of aliphatic imine (C=N–C) groups is 1. The zero-order valence-corrected chi connectivity index (χ0v) is 12.9. The summed E-state index contributed by atoms with van der Waals surface area (Å²) in [5, 5.41) is 3.36. The first kappa shape index (κ1) is 14.2. The van der Waals surface area contributed by atoms with E-state index in [0.29, 0.717) is 5.84 Å². The summed E-state index contributed by atoms with van der Waals surface area (Å²) in [7, 11) is 0. The van der Waals surface area contributed by atoms with Crippen LogP contribution in [0.15, 0.2) is 94.3 Å². The lowest BCUT2D eigenvalue weighted by Gasteiger charge is -2.11. The monoisotopic (exact) mass is 313 g/mol. The van der Waals surface area contributed by atoms with Crippen LogP contribution in [-0.4, -0.2) is 10.4 Å². The van der Waals surface area contributed by atoms with Gasteiger partial charge in [-0.05, 0) is 36.4 Å². The first-order valence-corrected chi connectivity index (χ1v) is 7.71. The summed E-state index contributed by atoms with van der Waals surface area (Å²) in [6.07, 6.45) is 1.94. The number of rotatable bonds is 3. The van der Waals surface area contributed by atoms with Crippen molar-refractivity contribution in [3.05, 3.63) is 101 Å². The van der Waals surface area contributed by atoms with E-state index in [4.69, 9.17) is 0 Å². The Bertz CT molecular complexity index is 986. The number of nitrogens with zero attached hydrogens (tertiary/aromatic N) is 2.